The number of fused-ring (bicyclic) bond motifs is 2. The first kappa shape index (κ1) is 20.4. The van der Waals surface area contributed by atoms with Crippen molar-refractivity contribution in [3.8, 4) is 17.2 Å². The van der Waals surface area contributed by atoms with Gasteiger partial charge in [0.1, 0.15) is 17.4 Å². The summed E-state index contributed by atoms with van der Waals surface area (Å²) in [6.45, 7) is 0.309. The summed E-state index contributed by atoms with van der Waals surface area (Å²) < 4.78 is 5.77. The Morgan fingerprint density at radius 1 is 1.00 bits per heavy atom. The Kier molecular flexibility index (Phi) is 5.35. The van der Waals surface area contributed by atoms with E-state index in [-0.39, 0.29) is 51.2 Å². The molecule has 0 saturated heterocycles. The molecule has 31 heavy (non-hydrogen) atoms. The second kappa shape index (κ2) is 8.12. The van der Waals surface area contributed by atoms with Crippen LogP contribution >= 0.6 is 11.6 Å². The van der Waals surface area contributed by atoms with Crippen LogP contribution in [0.3, 0.4) is 0 Å². The zero-order valence-electron chi connectivity index (χ0n) is 16.1. The zero-order valence-corrected chi connectivity index (χ0v) is 16.9. The van der Waals surface area contributed by atoms with E-state index in [2.05, 4.69) is 5.32 Å². The number of hydrogen-bond acceptors (Lipinski definition) is 6. The number of carbonyl (C=O) groups is 3. The van der Waals surface area contributed by atoms with Gasteiger partial charge in [0.25, 0.3) is 0 Å². The maximum Gasteiger partial charge on any atom is 0.235 e. The number of halogens is 1. The third-order valence-corrected chi connectivity index (χ3v) is 5.18. The number of rotatable bonds is 5. The number of phenols is 1. The molecule has 0 aromatic heterocycles. The van der Waals surface area contributed by atoms with Gasteiger partial charge < -0.3 is 20.9 Å². The molecule has 4 N–H and O–H groups in total. The molecule has 0 radical (unpaired) electrons. The van der Waals surface area contributed by atoms with Crippen LogP contribution in [0.1, 0.15) is 37.4 Å². The van der Waals surface area contributed by atoms with Gasteiger partial charge in [0.15, 0.2) is 17.3 Å². The predicted molar refractivity (Wildman–Crippen MR) is 115 cm³/mol. The lowest BCUT2D eigenvalue weighted by molar-refractivity contribution is -0.118. The number of nitrogens with two attached hydrogens (primary N) is 1. The Balaban J connectivity index is 1.64. The molecule has 0 bridgehead atoms. The van der Waals surface area contributed by atoms with E-state index in [0.29, 0.717) is 12.3 Å². The lowest BCUT2D eigenvalue weighted by atomic mass is 9.82. The number of carbonyl (C=O) groups excluding carboxylic acids is 3. The van der Waals surface area contributed by atoms with Crippen molar-refractivity contribution in [1.82, 2.24) is 5.32 Å². The Labute approximate surface area is 182 Å². The van der Waals surface area contributed by atoms with Gasteiger partial charge in [0.05, 0.1) is 16.8 Å². The molecular weight excluding hydrogens is 420 g/mol. The van der Waals surface area contributed by atoms with E-state index in [1.165, 1.54) is 12.1 Å². The average Bonchev–Trinajstić information content (AvgIpc) is 2.78. The van der Waals surface area contributed by atoms with Gasteiger partial charge in [0, 0.05) is 23.7 Å². The van der Waals surface area contributed by atoms with Gasteiger partial charge in [-0.3, -0.25) is 14.4 Å². The van der Waals surface area contributed by atoms with Gasteiger partial charge >= 0.3 is 0 Å². The minimum Gasteiger partial charge on any atom is -0.507 e. The third-order valence-electron chi connectivity index (χ3n) is 4.94. The first-order valence-electron chi connectivity index (χ1n) is 9.34. The molecule has 0 heterocycles. The number of phenolic OH excluding ortho intramolecular Hbond substituents is 1. The Bertz CT molecular complexity index is 1220. The number of nitrogen functional groups attached to an aromatic ring is 1. The lowest BCUT2D eigenvalue weighted by Crippen LogP contribution is -2.23. The lowest BCUT2D eigenvalue weighted by Gasteiger charge is -2.21. The van der Waals surface area contributed by atoms with Crippen LogP contribution in [-0.4, -0.2) is 28.5 Å². The van der Waals surface area contributed by atoms with Crippen LogP contribution in [-0.2, 0) is 11.3 Å². The average molecular weight is 437 g/mol. The smallest absolute Gasteiger partial charge is 0.235 e. The Morgan fingerprint density at radius 2 is 1.61 bits per heavy atom. The first-order valence-corrected chi connectivity index (χ1v) is 9.87. The van der Waals surface area contributed by atoms with E-state index in [4.69, 9.17) is 22.1 Å². The van der Waals surface area contributed by atoms with E-state index < -0.39 is 11.6 Å². The van der Waals surface area contributed by atoms with Crippen LogP contribution in [0, 0.1) is 0 Å². The molecule has 0 spiro atoms. The second-order valence-electron chi connectivity index (χ2n) is 6.92. The molecule has 0 atom stereocenters. The second-order valence-corrected chi connectivity index (χ2v) is 7.18. The van der Waals surface area contributed by atoms with Crippen molar-refractivity contribution in [1.29, 1.82) is 0 Å². The molecule has 8 heteroatoms. The molecule has 3 aromatic rings. The monoisotopic (exact) mass is 436 g/mol. The molecule has 1 aliphatic carbocycles. The van der Waals surface area contributed by atoms with Crippen molar-refractivity contribution >= 4 is 34.8 Å². The fraction of sp³-hybridized carbons (Fsp3) is 0.0870. The summed E-state index contributed by atoms with van der Waals surface area (Å²) >= 11 is 5.45. The molecular formula is C23H17ClN2O5. The van der Waals surface area contributed by atoms with Crippen LogP contribution < -0.4 is 15.8 Å². The number of hydrogen-bond donors (Lipinski definition) is 3. The van der Waals surface area contributed by atoms with Crippen LogP contribution in [0.15, 0.2) is 54.6 Å². The van der Waals surface area contributed by atoms with E-state index in [1.54, 1.807) is 42.5 Å². The summed E-state index contributed by atoms with van der Waals surface area (Å²) in [6.07, 6.45) is 0. The van der Waals surface area contributed by atoms with Crippen molar-refractivity contribution in [3.05, 3.63) is 82.4 Å². The highest BCUT2D eigenvalue weighted by molar-refractivity contribution is 6.31. The number of nitrogens with one attached hydrogen (secondary N) is 1. The molecule has 0 saturated carbocycles. The number of alkyl halides is 1. The summed E-state index contributed by atoms with van der Waals surface area (Å²) in [5.74, 6) is -1.24. The first-order chi connectivity index (χ1) is 14.9. The molecule has 1 aliphatic rings. The Morgan fingerprint density at radius 3 is 2.23 bits per heavy atom. The third kappa shape index (κ3) is 3.71. The van der Waals surface area contributed by atoms with Crippen LogP contribution in [0.5, 0.6) is 17.2 Å². The molecule has 4 rings (SSSR count). The molecule has 156 valence electrons. The highest BCUT2D eigenvalue weighted by Crippen LogP contribution is 2.42. The number of ether oxygens (including phenoxy) is 1. The van der Waals surface area contributed by atoms with Gasteiger partial charge in [-0.1, -0.05) is 36.4 Å². The Hall–Kier alpha value is -3.84. The number of benzene rings is 3. The van der Waals surface area contributed by atoms with Gasteiger partial charge in [-0.2, -0.15) is 0 Å². The number of amides is 1. The van der Waals surface area contributed by atoms with Crippen molar-refractivity contribution < 1.29 is 24.2 Å². The summed E-state index contributed by atoms with van der Waals surface area (Å²) in [5.41, 5.74) is 7.24. The van der Waals surface area contributed by atoms with Gasteiger partial charge in [-0.15, -0.1) is 11.6 Å². The summed E-state index contributed by atoms with van der Waals surface area (Å²) in [7, 11) is 0. The van der Waals surface area contributed by atoms with Gasteiger partial charge in [-0.05, 0) is 17.7 Å². The van der Waals surface area contributed by atoms with E-state index >= 15 is 0 Å². The van der Waals surface area contributed by atoms with Gasteiger partial charge in [-0.25, -0.2) is 0 Å². The molecule has 3 aromatic carbocycles. The minimum absolute atomic E-state index is 0.0286. The molecule has 0 unspecified atom stereocenters. The predicted octanol–water partition coefficient (Wildman–Crippen LogP) is 3.40. The SMILES string of the molecule is Nc1c(Oc2ccc(CNC(=O)CCl)cc2)cc(O)c2c1C(=O)c1ccccc1C2=O. The normalized spacial score (nSPS) is 12.2. The summed E-state index contributed by atoms with van der Waals surface area (Å²) in [4.78, 5) is 37.1. The minimum atomic E-state index is -0.468. The quantitative estimate of drug-likeness (QED) is 0.250. The summed E-state index contributed by atoms with van der Waals surface area (Å²) in [5, 5.41) is 13.1. The number of ketones is 2. The highest BCUT2D eigenvalue weighted by Gasteiger charge is 2.35. The standard InChI is InChI=1S/C23H17ClN2O5/c24-10-18(28)26-11-12-5-7-13(8-6-12)31-17-9-16(27)19-20(21(17)25)23(30)15-4-2-1-3-14(15)22(19)29/h1-9,27H,10-11,25H2,(H,26,28). The fourth-order valence-corrected chi connectivity index (χ4v) is 3.50. The van der Waals surface area contributed by atoms with Crippen molar-refractivity contribution in [3.63, 3.8) is 0 Å². The summed E-state index contributed by atoms with van der Waals surface area (Å²) in [6, 6.07) is 14.4. The van der Waals surface area contributed by atoms with E-state index in [9.17, 15) is 19.5 Å². The maximum absolute atomic E-state index is 13.0. The molecule has 0 fully saturated rings. The fourth-order valence-electron chi connectivity index (χ4n) is 3.41. The topological polar surface area (TPSA) is 119 Å². The van der Waals surface area contributed by atoms with Gasteiger partial charge in [0.2, 0.25) is 5.91 Å². The molecule has 0 aliphatic heterocycles. The van der Waals surface area contributed by atoms with Crippen LogP contribution in [0.2, 0.25) is 0 Å². The van der Waals surface area contributed by atoms with Crippen LogP contribution in [0.4, 0.5) is 5.69 Å². The number of anilines is 1. The van der Waals surface area contributed by atoms with Crippen LogP contribution in [0.25, 0.3) is 0 Å². The van der Waals surface area contributed by atoms with E-state index in [0.717, 1.165) is 5.56 Å². The van der Waals surface area contributed by atoms with Crippen molar-refractivity contribution in [2.45, 2.75) is 6.54 Å². The number of aromatic hydroxyl groups is 1. The molecule has 7 nitrogen and oxygen atoms in total. The van der Waals surface area contributed by atoms with Crippen molar-refractivity contribution in [2.24, 2.45) is 0 Å². The van der Waals surface area contributed by atoms with E-state index in [1.807, 2.05) is 0 Å². The maximum atomic E-state index is 13.0. The zero-order chi connectivity index (χ0) is 22.1. The molecule has 1 amide bonds. The highest BCUT2D eigenvalue weighted by atomic mass is 35.5. The van der Waals surface area contributed by atoms with Crippen molar-refractivity contribution in [2.75, 3.05) is 11.6 Å². The largest absolute Gasteiger partial charge is 0.507 e.